The first kappa shape index (κ1) is 19.9. The molecule has 0 radical (unpaired) electrons. The van der Waals surface area contributed by atoms with Crippen LogP contribution in [0.1, 0.15) is 19.4 Å². The lowest BCUT2D eigenvalue weighted by atomic mass is 10.0. The van der Waals surface area contributed by atoms with Crippen LogP contribution in [0, 0.1) is 5.92 Å². The zero-order valence-corrected chi connectivity index (χ0v) is 17.8. The van der Waals surface area contributed by atoms with Crippen LogP contribution in [0.15, 0.2) is 52.6 Å². The third-order valence-electron chi connectivity index (χ3n) is 4.01. The summed E-state index contributed by atoms with van der Waals surface area (Å²) < 4.78 is 0.856. The molecule has 0 bridgehead atoms. The number of amides is 2. The first-order chi connectivity index (χ1) is 12.8. The van der Waals surface area contributed by atoms with Crippen molar-refractivity contribution in [3.63, 3.8) is 0 Å². The van der Waals surface area contributed by atoms with Crippen LogP contribution in [0.5, 0.6) is 0 Å². The maximum absolute atomic E-state index is 13.1. The minimum atomic E-state index is -0.366. The number of imide groups is 1. The molecule has 2 aromatic carbocycles. The molecular formula is C20H17BrCl2N2O2. The normalized spacial score (nSPS) is 14.5. The van der Waals surface area contributed by atoms with Crippen LogP contribution in [-0.2, 0) is 9.59 Å². The number of nitrogens with one attached hydrogen (secondary N) is 1. The Bertz CT molecular complexity index is 957. The number of benzene rings is 2. The Hall–Kier alpha value is -1.82. The molecule has 2 aromatic rings. The summed E-state index contributed by atoms with van der Waals surface area (Å²) in [5, 5.41) is 3.88. The third-order valence-corrected chi connectivity index (χ3v) is 5.05. The zero-order valence-electron chi connectivity index (χ0n) is 14.7. The molecule has 4 nitrogen and oxygen atoms in total. The zero-order chi connectivity index (χ0) is 19.7. The second-order valence-corrected chi connectivity index (χ2v) is 8.38. The highest BCUT2D eigenvalue weighted by molar-refractivity contribution is 9.10. The Balaban J connectivity index is 2.12. The maximum Gasteiger partial charge on any atom is 0.278 e. The van der Waals surface area contributed by atoms with Gasteiger partial charge in [0.25, 0.3) is 11.8 Å². The van der Waals surface area contributed by atoms with Gasteiger partial charge in [-0.2, -0.15) is 0 Å². The van der Waals surface area contributed by atoms with Crippen molar-refractivity contribution in [3.8, 4) is 0 Å². The fraction of sp³-hybridized carbons (Fsp3) is 0.200. The van der Waals surface area contributed by atoms with E-state index in [9.17, 15) is 9.59 Å². The molecule has 2 amide bonds. The molecule has 0 aromatic heterocycles. The van der Waals surface area contributed by atoms with Gasteiger partial charge in [-0.15, -0.1) is 0 Å². The monoisotopic (exact) mass is 466 g/mol. The fourth-order valence-corrected chi connectivity index (χ4v) is 3.78. The van der Waals surface area contributed by atoms with Crippen molar-refractivity contribution in [1.82, 2.24) is 4.90 Å². The first-order valence-electron chi connectivity index (χ1n) is 8.36. The Morgan fingerprint density at radius 2 is 1.81 bits per heavy atom. The van der Waals surface area contributed by atoms with Crippen LogP contribution < -0.4 is 5.32 Å². The van der Waals surface area contributed by atoms with E-state index in [1.165, 1.54) is 4.90 Å². The van der Waals surface area contributed by atoms with E-state index in [4.69, 9.17) is 23.2 Å². The van der Waals surface area contributed by atoms with E-state index in [1.807, 2.05) is 38.1 Å². The van der Waals surface area contributed by atoms with Crippen LogP contribution in [-0.4, -0.2) is 23.3 Å². The molecule has 1 N–H and O–H groups in total. The van der Waals surface area contributed by atoms with Gasteiger partial charge in [0.05, 0.1) is 10.6 Å². The SMILES string of the molecule is CC(C)CN1C(=O)C(Nc2cccc(Br)c2)=C(c2ccc(Cl)cc2Cl)C1=O. The predicted octanol–water partition coefficient (Wildman–Crippen LogP) is 5.60. The molecule has 0 spiro atoms. The molecule has 0 saturated carbocycles. The molecule has 27 heavy (non-hydrogen) atoms. The lowest BCUT2D eigenvalue weighted by molar-refractivity contribution is -0.137. The molecule has 0 aliphatic carbocycles. The molecule has 1 aliphatic heterocycles. The quantitative estimate of drug-likeness (QED) is 0.582. The highest BCUT2D eigenvalue weighted by Gasteiger charge is 2.40. The van der Waals surface area contributed by atoms with E-state index in [2.05, 4.69) is 21.2 Å². The van der Waals surface area contributed by atoms with Gasteiger partial charge in [-0.25, -0.2) is 0 Å². The largest absolute Gasteiger partial charge is 0.350 e. The first-order valence-corrected chi connectivity index (χ1v) is 9.91. The highest BCUT2D eigenvalue weighted by atomic mass is 79.9. The average molecular weight is 468 g/mol. The van der Waals surface area contributed by atoms with E-state index in [0.29, 0.717) is 27.8 Å². The summed E-state index contributed by atoms with van der Waals surface area (Å²) in [6.45, 7) is 4.24. The Labute approximate surface area is 176 Å². The lowest BCUT2D eigenvalue weighted by Crippen LogP contribution is -2.35. The predicted molar refractivity (Wildman–Crippen MR) is 113 cm³/mol. The molecule has 140 valence electrons. The summed E-state index contributed by atoms with van der Waals surface area (Å²) in [4.78, 5) is 27.3. The van der Waals surface area contributed by atoms with Gasteiger partial charge < -0.3 is 5.32 Å². The fourth-order valence-electron chi connectivity index (χ4n) is 2.88. The molecule has 0 atom stereocenters. The van der Waals surface area contributed by atoms with E-state index >= 15 is 0 Å². The van der Waals surface area contributed by atoms with Gasteiger partial charge in [0.2, 0.25) is 0 Å². The molecule has 1 heterocycles. The van der Waals surface area contributed by atoms with Crippen molar-refractivity contribution in [2.75, 3.05) is 11.9 Å². The average Bonchev–Trinajstić information content (AvgIpc) is 2.80. The molecular weight excluding hydrogens is 451 g/mol. The van der Waals surface area contributed by atoms with Crippen molar-refractivity contribution >= 4 is 62.2 Å². The van der Waals surface area contributed by atoms with Crippen LogP contribution in [0.25, 0.3) is 5.57 Å². The van der Waals surface area contributed by atoms with Gasteiger partial charge in [0.15, 0.2) is 0 Å². The van der Waals surface area contributed by atoms with Crippen molar-refractivity contribution in [2.24, 2.45) is 5.92 Å². The standard InChI is InChI=1S/C20H17BrCl2N2O2/c1-11(2)10-25-19(26)17(15-7-6-13(22)9-16(15)23)18(20(25)27)24-14-5-3-4-12(21)8-14/h3-9,11,24H,10H2,1-2H3. The van der Waals surface area contributed by atoms with Gasteiger partial charge >= 0.3 is 0 Å². The summed E-state index contributed by atoms with van der Waals surface area (Å²) in [5.41, 5.74) is 1.63. The van der Waals surface area contributed by atoms with Gasteiger partial charge in [0.1, 0.15) is 5.70 Å². The minimum Gasteiger partial charge on any atom is -0.350 e. The van der Waals surface area contributed by atoms with Crippen LogP contribution in [0.3, 0.4) is 0 Å². The van der Waals surface area contributed by atoms with Crippen LogP contribution >= 0.6 is 39.1 Å². The summed E-state index contributed by atoms with van der Waals surface area (Å²) >= 11 is 15.7. The van der Waals surface area contributed by atoms with Crippen molar-refractivity contribution in [2.45, 2.75) is 13.8 Å². The molecule has 7 heteroatoms. The second-order valence-electron chi connectivity index (χ2n) is 6.62. The van der Waals surface area contributed by atoms with E-state index in [1.54, 1.807) is 18.2 Å². The number of anilines is 1. The van der Waals surface area contributed by atoms with Crippen molar-refractivity contribution in [1.29, 1.82) is 0 Å². The smallest absolute Gasteiger partial charge is 0.278 e. The molecule has 3 rings (SSSR count). The molecule has 0 saturated heterocycles. The molecule has 0 unspecified atom stereocenters. The van der Waals surface area contributed by atoms with E-state index in [-0.39, 0.29) is 29.0 Å². The molecule has 1 aliphatic rings. The third kappa shape index (κ3) is 4.21. The van der Waals surface area contributed by atoms with Crippen molar-refractivity contribution < 1.29 is 9.59 Å². The Kier molecular flexibility index (Phi) is 5.94. The Morgan fingerprint density at radius 3 is 2.44 bits per heavy atom. The van der Waals surface area contributed by atoms with Gasteiger partial charge in [-0.05, 0) is 36.2 Å². The highest BCUT2D eigenvalue weighted by Crippen LogP contribution is 2.35. The van der Waals surface area contributed by atoms with E-state index in [0.717, 1.165) is 4.47 Å². The Morgan fingerprint density at radius 1 is 1.07 bits per heavy atom. The minimum absolute atomic E-state index is 0.144. The van der Waals surface area contributed by atoms with Crippen molar-refractivity contribution in [3.05, 3.63) is 68.2 Å². The lowest BCUT2D eigenvalue weighted by Gasteiger charge is -2.17. The molecule has 0 fully saturated rings. The van der Waals surface area contributed by atoms with Gasteiger partial charge in [0, 0.05) is 27.3 Å². The van der Waals surface area contributed by atoms with E-state index < -0.39 is 0 Å². The van der Waals surface area contributed by atoms with Gasteiger partial charge in [-0.1, -0.05) is 65.1 Å². The van der Waals surface area contributed by atoms with Crippen LogP contribution in [0.2, 0.25) is 10.0 Å². The number of hydrogen-bond acceptors (Lipinski definition) is 3. The van der Waals surface area contributed by atoms with Gasteiger partial charge in [-0.3, -0.25) is 14.5 Å². The summed E-state index contributed by atoms with van der Waals surface area (Å²) in [6.07, 6.45) is 0. The topological polar surface area (TPSA) is 49.4 Å². The number of halogens is 3. The maximum atomic E-state index is 13.1. The number of rotatable bonds is 5. The number of carbonyl (C=O) groups excluding carboxylic acids is 2. The summed E-state index contributed by atoms with van der Waals surface area (Å²) in [6, 6.07) is 12.2. The summed E-state index contributed by atoms with van der Waals surface area (Å²) in [7, 11) is 0. The second kappa shape index (κ2) is 8.05. The number of hydrogen-bond donors (Lipinski definition) is 1. The number of nitrogens with zero attached hydrogens (tertiary/aromatic N) is 1. The number of carbonyl (C=O) groups is 2. The van der Waals surface area contributed by atoms with Crippen LogP contribution in [0.4, 0.5) is 5.69 Å². The summed E-state index contributed by atoms with van der Waals surface area (Å²) in [5.74, 6) is -0.588.